The van der Waals surface area contributed by atoms with Crippen molar-refractivity contribution < 1.29 is 34.0 Å². The number of hydrogen-bond donors (Lipinski definition) is 3. The maximum atomic E-state index is 12.6. The molecule has 8 nitrogen and oxygen atoms in total. The normalized spacial score (nSPS) is 12.8. The lowest BCUT2D eigenvalue weighted by molar-refractivity contribution is -0.131. The molecule has 0 bridgehead atoms. The molecular weight excluding hydrogens is 434 g/mol. The molecule has 0 saturated carbocycles. The SMILES string of the molecule is COc1ccc([C@H](OC(=O)Nc2ccc(SC)cc2)[C@H](CC/C=C/C(=O)O)OC)cc1O. The second-order valence-electron chi connectivity index (χ2n) is 6.70. The quantitative estimate of drug-likeness (QED) is 0.321. The molecule has 0 aliphatic heterocycles. The lowest BCUT2D eigenvalue weighted by Crippen LogP contribution is -2.28. The standard InChI is InChI=1S/C23H27NO7S/c1-29-19-13-8-15(14-18(19)25)22(20(30-2)6-4-5-7-21(26)27)31-23(28)24-16-9-11-17(32-3)12-10-16/h5,7-14,20,22,25H,4,6H2,1-3H3,(H,24,28)(H,26,27)/b7-5+/t20-,22-/m0/s1. The number of thioether (sulfide) groups is 1. The Hall–Kier alpha value is -3.17. The van der Waals surface area contributed by atoms with Crippen LogP contribution in [0.25, 0.3) is 0 Å². The van der Waals surface area contributed by atoms with Gasteiger partial charge in [-0.15, -0.1) is 11.8 Å². The molecule has 2 atom stereocenters. The van der Waals surface area contributed by atoms with Crippen molar-refractivity contribution in [3.8, 4) is 11.5 Å². The minimum Gasteiger partial charge on any atom is -0.504 e. The Morgan fingerprint density at radius 2 is 1.88 bits per heavy atom. The van der Waals surface area contributed by atoms with Gasteiger partial charge in [0.05, 0.1) is 13.2 Å². The van der Waals surface area contributed by atoms with E-state index in [-0.39, 0.29) is 11.5 Å². The van der Waals surface area contributed by atoms with Gasteiger partial charge in [-0.2, -0.15) is 0 Å². The molecule has 1 amide bonds. The number of phenols is 1. The number of ether oxygens (including phenoxy) is 3. The van der Waals surface area contributed by atoms with E-state index in [0.717, 1.165) is 11.0 Å². The van der Waals surface area contributed by atoms with Gasteiger partial charge in [-0.05, 0) is 61.1 Å². The number of benzene rings is 2. The van der Waals surface area contributed by atoms with E-state index in [1.807, 2.05) is 18.4 Å². The number of hydrogen-bond acceptors (Lipinski definition) is 7. The van der Waals surface area contributed by atoms with Gasteiger partial charge < -0.3 is 24.4 Å². The summed E-state index contributed by atoms with van der Waals surface area (Å²) < 4.78 is 16.3. The number of rotatable bonds is 11. The molecule has 0 spiro atoms. The van der Waals surface area contributed by atoms with Crippen LogP contribution in [0.5, 0.6) is 11.5 Å². The predicted octanol–water partition coefficient (Wildman–Crippen LogP) is 4.85. The van der Waals surface area contributed by atoms with Crippen LogP contribution in [0.15, 0.2) is 59.5 Å². The van der Waals surface area contributed by atoms with Crippen LogP contribution in [0.4, 0.5) is 10.5 Å². The molecule has 2 rings (SSSR count). The van der Waals surface area contributed by atoms with Crippen LogP contribution in [-0.2, 0) is 14.3 Å². The van der Waals surface area contributed by atoms with E-state index in [9.17, 15) is 14.7 Å². The second-order valence-corrected chi connectivity index (χ2v) is 7.58. The van der Waals surface area contributed by atoms with Crippen molar-refractivity contribution in [1.82, 2.24) is 0 Å². The highest BCUT2D eigenvalue weighted by molar-refractivity contribution is 7.98. The molecule has 172 valence electrons. The van der Waals surface area contributed by atoms with Crippen molar-refractivity contribution in [3.05, 3.63) is 60.2 Å². The van der Waals surface area contributed by atoms with Crippen molar-refractivity contribution in [2.75, 3.05) is 25.8 Å². The molecule has 3 N–H and O–H groups in total. The van der Waals surface area contributed by atoms with Crippen LogP contribution in [-0.4, -0.2) is 48.9 Å². The Balaban J connectivity index is 2.22. The molecule has 0 saturated heterocycles. The van der Waals surface area contributed by atoms with Crippen LogP contribution in [0.3, 0.4) is 0 Å². The third-order valence-corrected chi connectivity index (χ3v) is 5.36. The van der Waals surface area contributed by atoms with Crippen LogP contribution in [0.1, 0.15) is 24.5 Å². The van der Waals surface area contributed by atoms with E-state index in [2.05, 4.69) is 5.32 Å². The molecule has 2 aromatic carbocycles. The van der Waals surface area contributed by atoms with Crippen LogP contribution in [0, 0.1) is 0 Å². The zero-order valence-corrected chi connectivity index (χ0v) is 18.9. The van der Waals surface area contributed by atoms with Gasteiger partial charge in [-0.25, -0.2) is 9.59 Å². The first-order valence-electron chi connectivity index (χ1n) is 9.78. The lowest BCUT2D eigenvalue weighted by atomic mass is 9.99. The van der Waals surface area contributed by atoms with Crippen molar-refractivity contribution in [1.29, 1.82) is 0 Å². The molecule has 0 heterocycles. The van der Waals surface area contributed by atoms with Gasteiger partial charge >= 0.3 is 12.1 Å². The minimum atomic E-state index is -1.04. The molecule has 0 fully saturated rings. The molecule has 0 aliphatic rings. The third kappa shape index (κ3) is 7.51. The summed E-state index contributed by atoms with van der Waals surface area (Å²) in [5.41, 5.74) is 1.08. The molecule has 2 aromatic rings. The lowest BCUT2D eigenvalue weighted by Gasteiger charge is -2.26. The first-order valence-corrected chi connectivity index (χ1v) is 11.0. The maximum absolute atomic E-state index is 12.6. The van der Waals surface area contributed by atoms with Gasteiger partial charge in [0, 0.05) is 23.8 Å². The average molecular weight is 462 g/mol. The fraction of sp³-hybridized carbons (Fsp3) is 0.304. The number of allylic oxidation sites excluding steroid dienone is 1. The summed E-state index contributed by atoms with van der Waals surface area (Å²) in [6, 6.07) is 12.0. The summed E-state index contributed by atoms with van der Waals surface area (Å²) >= 11 is 1.59. The molecule has 0 unspecified atom stereocenters. The number of amides is 1. The number of aliphatic carboxylic acids is 1. The highest BCUT2D eigenvalue weighted by atomic mass is 32.2. The summed E-state index contributed by atoms with van der Waals surface area (Å²) in [5.74, 6) is -0.866. The number of methoxy groups -OCH3 is 2. The molecule has 9 heteroatoms. The van der Waals surface area contributed by atoms with Crippen LogP contribution >= 0.6 is 11.8 Å². The zero-order chi connectivity index (χ0) is 23.5. The number of carboxylic acid groups (broad SMARTS) is 1. The summed E-state index contributed by atoms with van der Waals surface area (Å²) in [6.07, 6.45) is 3.15. The summed E-state index contributed by atoms with van der Waals surface area (Å²) in [4.78, 5) is 24.4. The number of carboxylic acids is 1. The Morgan fingerprint density at radius 3 is 2.44 bits per heavy atom. The fourth-order valence-corrected chi connectivity index (χ4v) is 3.43. The van der Waals surface area contributed by atoms with Gasteiger partial charge in [0.25, 0.3) is 0 Å². The zero-order valence-electron chi connectivity index (χ0n) is 18.1. The summed E-state index contributed by atoms with van der Waals surface area (Å²) in [5, 5.41) is 21.6. The van der Waals surface area contributed by atoms with Gasteiger partial charge in [0.1, 0.15) is 0 Å². The Labute approximate surface area is 191 Å². The maximum Gasteiger partial charge on any atom is 0.412 e. The molecule has 0 radical (unpaired) electrons. The third-order valence-electron chi connectivity index (χ3n) is 4.62. The molecule has 32 heavy (non-hydrogen) atoms. The highest BCUT2D eigenvalue weighted by Crippen LogP contribution is 2.34. The average Bonchev–Trinajstić information content (AvgIpc) is 2.78. The van der Waals surface area contributed by atoms with Gasteiger partial charge in [-0.3, -0.25) is 5.32 Å². The van der Waals surface area contributed by atoms with E-state index < -0.39 is 24.3 Å². The highest BCUT2D eigenvalue weighted by Gasteiger charge is 2.28. The van der Waals surface area contributed by atoms with E-state index in [1.165, 1.54) is 26.4 Å². The number of aromatic hydroxyl groups is 1. The van der Waals surface area contributed by atoms with Crippen molar-refractivity contribution in [2.24, 2.45) is 0 Å². The molecular formula is C23H27NO7S. The van der Waals surface area contributed by atoms with E-state index in [4.69, 9.17) is 19.3 Å². The van der Waals surface area contributed by atoms with Crippen molar-refractivity contribution >= 4 is 29.5 Å². The first-order chi connectivity index (χ1) is 15.4. The van der Waals surface area contributed by atoms with Crippen molar-refractivity contribution in [3.63, 3.8) is 0 Å². The number of nitrogens with one attached hydrogen (secondary N) is 1. The number of carbonyl (C=O) groups is 2. The largest absolute Gasteiger partial charge is 0.504 e. The second kappa shape index (κ2) is 12.6. The van der Waals surface area contributed by atoms with E-state index >= 15 is 0 Å². The minimum absolute atomic E-state index is 0.104. The monoisotopic (exact) mass is 461 g/mol. The van der Waals surface area contributed by atoms with Crippen LogP contribution in [0.2, 0.25) is 0 Å². The Morgan fingerprint density at radius 1 is 1.16 bits per heavy atom. The van der Waals surface area contributed by atoms with Gasteiger partial charge in [0.2, 0.25) is 0 Å². The first kappa shape index (κ1) is 25.1. The number of carbonyl (C=O) groups excluding carboxylic acids is 1. The van der Waals surface area contributed by atoms with Crippen LogP contribution < -0.4 is 10.1 Å². The summed E-state index contributed by atoms with van der Waals surface area (Å²) in [7, 11) is 2.91. The van der Waals surface area contributed by atoms with Gasteiger partial charge in [0.15, 0.2) is 17.6 Å². The number of anilines is 1. The predicted molar refractivity (Wildman–Crippen MR) is 123 cm³/mol. The fourth-order valence-electron chi connectivity index (χ4n) is 3.02. The topological polar surface area (TPSA) is 114 Å². The van der Waals surface area contributed by atoms with E-state index in [0.29, 0.717) is 24.1 Å². The smallest absolute Gasteiger partial charge is 0.412 e. The Kier molecular flexibility index (Phi) is 9.90. The summed E-state index contributed by atoms with van der Waals surface area (Å²) in [6.45, 7) is 0. The molecule has 0 aliphatic carbocycles. The van der Waals surface area contributed by atoms with Crippen molar-refractivity contribution in [2.45, 2.75) is 29.9 Å². The number of phenolic OH excluding ortho intramolecular Hbond substituents is 1. The van der Waals surface area contributed by atoms with Gasteiger partial charge in [-0.1, -0.05) is 12.1 Å². The Bertz CT molecular complexity index is 930. The molecule has 0 aromatic heterocycles. The van der Waals surface area contributed by atoms with E-state index in [1.54, 1.807) is 36.0 Å².